The standard InChI is InChI=1S/C19H21NO2/c21-11-10-16-13-20(12-15-6-2-1-3-7-15)14-18(16)17-8-4-5-9-19(17)22/h1-9,11,16,18,22H,10,12-14H2/t16-,18+/m1/s1. The molecule has 3 rings (SSSR count). The number of para-hydroxylation sites is 1. The maximum atomic E-state index is 11.0. The van der Waals surface area contributed by atoms with Gasteiger partial charge in [0.2, 0.25) is 0 Å². The van der Waals surface area contributed by atoms with E-state index in [0.29, 0.717) is 12.2 Å². The van der Waals surface area contributed by atoms with Gasteiger partial charge in [-0.2, -0.15) is 0 Å². The summed E-state index contributed by atoms with van der Waals surface area (Å²) < 4.78 is 0. The first-order chi connectivity index (χ1) is 10.8. The molecule has 22 heavy (non-hydrogen) atoms. The highest BCUT2D eigenvalue weighted by molar-refractivity contribution is 5.51. The zero-order chi connectivity index (χ0) is 15.4. The molecule has 3 heteroatoms. The number of phenolic OH excluding ortho intramolecular Hbond substituents is 1. The summed E-state index contributed by atoms with van der Waals surface area (Å²) in [5, 5.41) is 10.1. The lowest BCUT2D eigenvalue weighted by Crippen LogP contribution is -2.20. The topological polar surface area (TPSA) is 40.5 Å². The van der Waals surface area contributed by atoms with E-state index < -0.39 is 0 Å². The summed E-state index contributed by atoms with van der Waals surface area (Å²) in [5.74, 6) is 0.828. The van der Waals surface area contributed by atoms with Gasteiger partial charge in [-0.3, -0.25) is 4.90 Å². The SMILES string of the molecule is O=CC[C@@H]1CN(Cc2ccccc2)C[C@@H]1c1ccccc1O. The van der Waals surface area contributed by atoms with Crippen molar-refractivity contribution in [1.29, 1.82) is 0 Å². The number of carbonyl (C=O) groups excluding carboxylic acids is 1. The molecule has 0 bridgehead atoms. The van der Waals surface area contributed by atoms with Crippen LogP contribution in [0.2, 0.25) is 0 Å². The number of nitrogens with zero attached hydrogens (tertiary/aromatic N) is 1. The second-order valence-electron chi connectivity index (χ2n) is 6.01. The Hall–Kier alpha value is -2.13. The number of aldehydes is 1. The monoisotopic (exact) mass is 295 g/mol. The molecular weight excluding hydrogens is 274 g/mol. The van der Waals surface area contributed by atoms with Crippen LogP contribution in [0, 0.1) is 5.92 Å². The van der Waals surface area contributed by atoms with Gasteiger partial charge in [-0.1, -0.05) is 48.5 Å². The second kappa shape index (κ2) is 6.75. The fraction of sp³-hybridized carbons (Fsp3) is 0.316. The molecule has 2 atom stereocenters. The van der Waals surface area contributed by atoms with Gasteiger partial charge in [0.25, 0.3) is 0 Å². The van der Waals surface area contributed by atoms with Crippen molar-refractivity contribution in [2.24, 2.45) is 5.92 Å². The van der Waals surface area contributed by atoms with Crippen molar-refractivity contribution < 1.29 is 9.90 Å². The summed E-state index contributed by atoms with van der Waals surface area (Å²) in [7, 11) is 0. The fourth-order valence-corrected chi connectivity index (χ4v) is 3.45. The van der Waals surface area contributed by atoms with E-state index >= 15 is 0 Å². The van der Waals surface area contributed by atoms with Gasteiger partial charge in [-0.15, -0.1) is 0 Å². The average molecular weight is 295 g/mol. The van der Waals surface area contributed by atoms with Crippen molar-refractivity contribution in [1.82, 2.24) is 4.90 Å². The van der Waals surface area contributed by atoms with Crippen molar-refractivity contribution in [3.63, 3.8) is 0 Å². The summed E-state index contributed by atoms with van der Waals surface area (Å²) in [6.45, 7) is 2.66. The van der Waals surface area contributed by atoms with Gasteiger partial charge in [-0.25, -0.2) is 0 Å². The number of carbonyl (C=O) groups is 1. The zero-order valence-corrected chi connectivity index (χ0v) is 12.6. The van der Waals surface area contributed by atoms with Crippen LogP contribution in [0.5, 0.6) is 5.75 Å². The first-order valence-electron chi connectivity index (χ1n) is 7.75. The minimum atomic E-state index is 0.218. The number of likely N-dealkylation sites (tertiary alicyclic amines) is 1. The Bertz CT molecular complexity index is 626. The molecule has 0 unspecified atom stereocenters. The molecule has 1 heterocycles. The van der Waals surface area contributed by atoms with Crippen molar-refractivity contribution >= 4 is 6.29 Å². The lowest BCUT2D eigenvalue weighted by molar-refractivity contribution is -0.108. The summed E-state index contributed by atoms with van der Waals surface area (Å²) >= 11 is 0. The third kappa shape index (κ3) is 3.20. The molecule has 2 aromatic rings. The normalized spacial score (nSPS) is 21.8. The van der Waals surface area contributed by atoms with Gasteiger partial charge in [-0.05, 0) is 23.1 Å². The van der Waals surface area contributed by atoms with Gasteiger partial charge < -0.3 is 9.90 Å². The van der Waals surface area contributed by atoms with Crippen LogP contribution in [0.3, 0.4) is 0 Å². The first kappa shape index (κ1) is 14.8. The minimum absolute atomic E-state index is 0.218. The van der Waals surface area contributed by atoms with Gasteiger partial charge in [0.1, 0.15) is 12.0 Å². The van der Waals surface area contributed by atoms with Crippen molar-refractivity contribution in [2.75, 3.05) is 13.1 Å². The van der Waals surface area contributed by atoms with Crippen LogP contribution in [-0.4, -0.2) is 29.4 Å². The van der Waals surface area contributed by atoms with Crippen LogP contribution >= 0.6 is 0 Å². The molecule has 1 aliphatic rings. The minimum Gasteiger partial charge on any atom is -0.508 e. The molecule has 0 saturated carbocycles. The molecular formula is C19H21NO2. The lowest BCUT2D eigenvalue weighted by Gasteiger charge is -2.18. The summed E-state index contributed by atoms with van der Waals surface area (Å²) in [6, 6.07) is 17.9. The van der Waals surface area contributed by atoms with E-state index in [1.165, 1.54) is 5.56 Å². The second-order valence-corrected chi connectivity index (χ2v) is 6.01. The zero-order valence-electron chi connectivity index (χ0n) is 12.6. The van der Waals surface area contributed by atoms with E-state index in [0.717, 1.165) is 31.5 Å². The van der Waals surface area contributed by atoms with Gasteiger partial charge in [0.15, 0.2) is 0 Å². The van der Waals surface area contributed by atoms with E-state index in [9.17, 15) is 9.90 Å². The molecule has 1 N–H and O–H groups in total. The van der Waals surface area contributed by atoms with E-state index in [-0.39, 0.29) is 11.8 Å². The van der Waals surface area contributed by atoms with Gasteiger partial charge in [0.05, 0.1) is 0 Å². The summed E-state index contributed by atoms with van der Waals surface area (Å²) in [6.07, 6.45) is 1.55. The number of benzene rings is 2. The quantitative estimate of drug-likeness (QED) is 0.861. The first-order valence-corrected chi connectivity index (χ1v) is 7.75. The highest BCUT2D eigenvalue weighted by atomic mass is 16.3. The Balaban J connectivity index is 1.78. The van der Waals surface area contributed by atoms with Crippen molar-refractivity contribution in [2.45, 2.75) is 18.9 Å². The van der Waals surface area contributed by atoms with E-state index in [2.05, 4.69) is 29.2 Å². The molecule has 0 amide bonds. The predicted octanol–water partition coefficient (Wildman–Crippen LogP) is 3.20. The van der Waals surface area contributed by atoms with Crippen LogP contribution in [0.1, 0.15) is 23.5 Å². The van der Waals surface area contributed by atoms with E-state index in [1.54, 1.807) is 6.07 Å². The smallest absolute Gasteiger partial charge is 0.120 e. The molecule has 1 aliphatic heterocycles. The lowest BCUT2D eigenvalue weighted by atomic mass is 9.87. The number of hydrogen-bond acceptors (Lipinski definition) is 3. The van der Waals surface area contributed by atoms with Crippen LogP contribution < -0.4 is 0 Å². The van der Waals surface area contributed by atoms with Crippen LogP contribution in [0.25, 0.3) is 0 Å². The maximum Gasteiger partial charge on any atom is 0.120 e. The maximum absolute atomic E-state index is 11.0. The molecule has 1 fully saturated rings. The molecule has 0 aromatic heterocycles. The third-order valence-electron chi connectivity index (χ3n) is 4.50. The molecule has 1 saturated heterocycles. The molecule has 0 aliphatic carbocycles. The number of hydrogen-bond donors (Lipinski definition) is 1. The van der Waals surface area contributed by atoms with Crippen LogP contribution in [-0.2, 0) is 11.3 Å². The molecule has 114 valence electrons. The Morgan fingerprint density at radius 2 is 1.77 bits per heavy atom. The van der Waals surface area contributed by atoms with E-state index in [1.807, 2.05) is 24.3 Å². The van der Waals surface area contributed by atoms with Gasteiger partial charge >= 0.3 is 0 Å². The fourth-order valence-electron chi connectivity index (χ4n) is 3.45. The van der Waals surface area contributed by atoms with E-state index in [4.69, 9.17) is 0 Å². The van der Waals surface area contributed by atoms with Gasteiger partial charge in [0, 0.05) is 32.0 Å². The highest BCUT2D eigenvalue weighted by Crippen LogP contribution is 2.38. The number of rotatable bonds is 5. The third-order valence-corrected chi connectivity index (χ3v) is 4.50. The summed E-state index contributed by atoms with van der Waals surface area (Å²) in [4.78, 5) is 13.4. The van der Waals surface area contributed by atoms with Crippen molar-refractivity contribution in [3.8, 4) is 5.75 Å². The predicted molar refractivity (Wildman–Crippen MR) is 86.7 cm³/mol. The van der Waals surface area contributed by atoms with Crippen LogP contribution in [0.4, 0.5) is 0 Å². The van der Waals surface area contributed by atoms with Crippen LogP contribution in [0.15, 0.2) is 54.6 Å². The number of aromatic hydroxyl groups is 1. The average Bonchev–Trinajstić information content (AvgIpc) is 2.91. The number of phenols is 1. The molecule has 3 nitrogen and oxygen atoms in total. The Labute approximate surface area is 131 Å². The molecule has 0 radical (unpaired) electrons. The summed E-state index contributed by atoms with van der Waals surface area (Å²) in [5.41, 5.74) is 2.25. The molecule has 2 aromatic carbocycles. The Morgan fingerprint density at radius 1 is 1.05 bits per heavy atom. The largest absolute Gasteiger partial charge is 0.508 e. The Kier molecular flexibility index (Phi) is 4.54. The highest BCUT2D eigenvalue weighted by Gasteiger charge is 2.34. The van der Waals surface area contributed by atoms with Crippen molar-refractivity contribution in [3.05, 3.63) is 65.7 Å². The Morgan fingerprint density at radius 3 is 2.50 bits per heavy atom. The molecule has 0 spiro atoms.